The Balaban J connectivity index is 1.97. The molecule has 0 aliphatic heterocycles. The summed E-state index contributed by atoms with van der Waals surface area (Å²) in [4.78, 5) is 15.8. The van der Waals surface area contributed by atoms with Gasteiger partial charge in [-0.3, -0.25) is 4.79 Å². The van der Waals surface area contributed by atoms with E-state index in [2.05, 4.69) is 10.3 Å². The summed E-state index contributed by atoms with van der Waals surface area (Å²) in [6, 6.07) is 6.91. The van der Waals surface area contributed by atoms with E-state index in [4.69, 9.17) is 9.15 Å². The van der Waals surface area contributed by atoms with Gasteiger partial charge in [-0.1, -0.05) is 0 Å². The van der Waals surface area contributed by atoms with Gasteiger partial charge >= 0.3 is 0 Å². The van der Waals surface area contributed by atoms with E-state index in [0.29, 0.717) is 17.9 Å². The van der Waals surface area contributed by atoms with E-state index in [9.17, 15) is 4.79 Å². The number of carbonyl (C=O) groups is 1. The highest BCUT2D eigenvalue weighted by molar-refractivity contribution is 5.94. The average Bonchev–Trinajstić information content (AvgIpc) is 2.81. The number of aromatic nitrogens is 1. The van der Waals surface area contributed by atoms with Gasteiger partial charge < -0.3 is 14.5 Å². The molecule has 5 nitrogen and oxygen atoms in total. The van der Waals surface area contributed by atoms with Crippen LogP contribution < -0.4 is 10.1 Å². The average molecular weight is 246 g/mol. The smallest absolute Gasteiger partial charge is 0.251 e. The summed E-state index contributed by atoms with van der Waals surface area (Å²) in [5.74, 6) is 1.22. The van der Waals surface area contributed by atoms with Gasteiger partial charge in [0.05, 0.1) is 19.3 Å². The van der Waals surface area contributed by atoms with Crippen LogP contribution in [0.15, 0.2) is 35.1 Å². The first-order chi connectivity index (χ1) is 8.70. The molecule has 18 heavy (non-hydrogen) atoms. The first-order valence-electron chi connectivity index (χ1n) is 5.52. The van der Waals surface area contributed by atoms with Crippen LogP contribution in [0.3, 0.4) is 0 Å². The molecule has 0 unspecified atom stereocenters. The Morgan fingerprint density at radius 2 is 2.11 bits per heavy atom. The maximum atomic E-state index is 11.8. The van der Waals surface area contributed by atoms with E-state index < -0.39 is 0 Å². The maximum Gasteiger partial charge on any atom is 0.251 e. The molecule has 94 valence electrons. The molecule has 0 atom stereocenters. The van der Waals surface area contributed by atoms with E-state index >= 15 is 0 Å². The second-order valence-electron chi connectivity index (χ2n) is 3.77. The first kappa shape index (κ1) is 12.2. The standard InChI is InChI=1S/C13H14N2O3/c1-9-12(18-8-15-9)7-14-13(16)10-3-5-11(17-2)6-4-10/h3-6,8H,7H2,1-2H3,(H,14,16). The molecule has 0 saturated heterocycles. The lowest BCUT2D eigenvalue weighted by Gasteiger charge is -2.04. The largest absolute Gasteiger partial charge is 0.497 e. The van der Waals surface area contributed by atoms with Crippen LogP contribution in [0.25, 0.3) is 0 Å². The third kappa shape index (κ3) is 2.68. The number of methoxy groups -OCH3 is 1. The zero-order valence-corrected chi connectivity index (χ0v) is 10.3. The van der Waals surface area contributed by atoms with Crippen molar-refractivity contribution in [2.24, 2.45) is 0 Å². The van der Waals surface area contributed by atoms with Crippen molar-refractivity contribution in [1.29, 1.82) is 0 Å². The molecule has 1 aromatic heterocycles. The number of hydrogen-bond acceptors (Lipinski definition) is 4. The van der Waals surface area contributed by atoms with Crippen LogP contribution in [0.2, 0.25) is 0 Å². The lowest BCUT2D eigenvalue weighted by Crippen LogP contribution is -2.22. The Morgan fingerprint density at radius 1 is 1.39 bits per heavy atom. The SMILES string of the molecule is COc1ccc(C(=O)NCc2ocnc2C)cc1. The molecular weight excluding hydrogens is 232 g/mol. The zero-order chi connectivity index (χ0) is 13.0. The summed E-state index contributed by atoms with van der Waals surface area (Å²) in [5, 5.41) is 2.77. The number of carbonyl (C=O) groups excluding carboxylic acids is 1. The van der Waals surface area contributed by atoms with Gasteiger partial charge in [-0.05, 0) is 31.2 Å². The van der Waals surface area contributed by atoms with E-state index in [1.165, 1.54) is 6.39 Å². The first-order valence-corrected chi connectivity index (χ1v) is 5.52. The number of nitrogens with one attached hydrogen (secondary N) is 1. The van der Waals surface area contributed by atoms with Crippen LogP contribution in [0.1, 0.15) is 21.8 Å². The van der Waals surface area contributed by atoms with Crippen LogP contribution in [0.4, 0.5) is 0 Å². The van der Waals surface area contributed by atoms with Crippen molar-refractivity contribution in [3.05, 3.63) is 47.7 Å². The predicted octanol–water partition coefficient (Wildman–Crippen LogP) is 1.92. The van der Waals surface area contributed by atoms with Crippen LogP contribution in [0.5, 0.6) is 5.75 Å². The molecular formula is C13H14N2O3. The van der Waals surface area contributed by atoms with E-state index in [1.54, 1.807) is 31.4 Å². The molecule has 2 rings (SSSR count). The minimum absolute atomic E-state index is 0.159. The molecule has 1 amide bonds. The van der Waals surface area contributed by atoms with Crippen molar-refractivity contribution in [2.45, 2.75) is 13.5 Å². The normalized spacial score (nSPS) is 10.1. The van der Waals surface area contributed by atoms with Crippen molar-refractivity contribution < 1.29 is 13.9 Å². The fourth-order valence-corrected chi connectivity index (χ4v) is 1.50. The Kier molecular flexibility index (Phi) is 3.62. The van der Waals surface area contributed by atoms with Crippen molar-refractivity contribution in [2.75, 3.05) is 7.11 Å². The number of nitrogens with zero attached hydrogens (tertiary/aromatic N) is 1. The van der Waals surface area contributed by atoms with Crippen molar-refractivity contribution in [3.63, 3.8) is 0 Å². The third-order valence-electron chi connectivity index (χ3n) is 2.61. The Morgan fingerprint density at radius 3 is 2.67 bits per heavy atom. The molecule has 1 N–H and O–H groups in total. The van der Waals surface area contributed by atoms with E-state index in [-0.39, 0.29) is 5.91 Å². The molecule has 0 aliphatic carbocycles. The molecule has 0 radical (unpaired) electrons. The van der Waals surface area contributed by atoms with Gasteiger partial charge in [-0.25, -0.2) is 4.98 Å². The quantitative estimate of drug-likeness (QED) is 0.895. The number of rotatable bonds is 4. The highest BCUT2D eigenvalue weighted by Crippen LogP contribution is 2.11. The van der Waals surface area contributed by atoms with Crippen LogP contribution in [-0.4, -0.2) is 18.0 Å². The van der Waals surface area contributed by atoms with Gasteiger partial charge in [-0.2, -0.15) is 0 Å². The van der Waals surface area contributed by atoms with Crippen molar-refractivity contribution in [1.82, 2.24) is 10.3 Å². The van der Waals surface area contributed by atoms with E-state index in [1.807, 2.05) is 6.92 Å². The molecule has 2 aromatic rings. The number of oxazole rings is 1. The summed E-state index contributed by atoms with van der Waals surface area (Å²) >= 11 is 0. The highest BCUT2D eigenvalue weighted by Gasteiger charge is 2.08. The molecule has 5 heteroatoms. The minimum Gasteiger partial charge on any atom is -0.497 e. The van der Waals surface area contributed by atoms with Crippen LogP contribution in [-0.2, 0) is 6.54 Å². The summed E-state index contributed by atoms with van der Waals surface area (Å²) < 4.78 is 10.2. The topological polar surface area (TPSA) is 64.4 Å². The van der Waals surface area contributed by atoms with Crippen LogP contribution in [0, 0.1) is 6.92 Å². The van der Waals surface area contributed by atoms with Crippen molar-refractivity contribution in [3.8, 4) is 5.75 Å². The maximum absolute atomic E-state index is 11.8. The number of amides is 1. The Labute approximate surface area is 105 Å². The molecule has 1 heterocycles. The molecule has 0 bridgehead atoms. The van der Waals surface area contributed by atoms with Gasteiger partial charge in [0.25, 0.3) is 5.91 Å². The Bertz CT molecular complexity index is 531. The molecule has 0 spiro atoms. The van der Waals surface area contributed by atoms with Gasteiger partial charge in [0, 0.05) is 5.56 Å². The Hall–Kier alpha value is -2.30. The van der Waals surface area contributed by atoms with Gasteiger partial charge in [0.2, 0.25) is 0 Å². The molecule has 0 saturated carbocycles. The lowest BCUT2D eigenvalue weighted by molar-refractivity contribution is 0.0948. The number of ether oxygens (including phenoxy) is 1. The minimum atomic E-state index is -0.159. The predicted molar refractivity (Wildman–Crippen MR) is 65.4 cm³/mol. The van der Waals surface area contributed by atoms with Gasteiger partial charge in [0.1, 0.15) is 11.5 Å². The molecule has 1 aromatic carbocycles. The summed E-state index contributed by atoms with van der Waals surface area (Å²) in [6.07, 6.45) is 1.37. The summed E-state index contributed by atoms with van der Waals surface area (Å²) in [7, 11) is 1.59. The highest BCUT2D eigenvalue weighted by atomic mass is 16.5. The third-order valence-corrected chi connectivity index (χ3v) is 2.61. The van der Waals surface area contributed by atoms with Crippen molar-refractivity contribution >= 4 is 5.91 Å². The van der Waals surface area contributed by atoms with E-state index in [0.717, 1.165) is 11.4 Å². The van der Waals surface area contributed by atoms with Gasteiger partial charge in [-0.15, -0.1) is 0 Å². The summed E-state index contributed by atoms with van der Waals surface area (Å²) in [6.45, 7) is 2.16. The second-order valence-corrected chi connectivity index (χ2v) is 3.77. The fourth-order valence-electron chi connectivity index (χ4n) is 1.50. The van der Waals surface area contributed by atoms with Gasteiger partial charge in [0.15, 0.2) is 6.39 Å². The molecule has 0 fully saturated rings. The monoisotopic (exact) mass is 246 g/mol. The second kappa shape index (κ2) is 5.35. The molecule has 0 aliphatic rings. The lowest BCUT2D eigenvalue weighted by atomic mass is 10.2. The van der Waals surface area contributed by atoms with Crippen LogP contribution >= 0.6 is 0 Å². The number of hydrogen-bond donors (Lipinski definition) is 1. The summed E-state index contributed by atoms with van der Waals surface area (Å²) in [5.41, 5.74) is 1.36. The fraction of sp³-hybridized carbons (Fsp3) is 0.231. The zero-order valence-electron chi connectivity index (χ0n) is 10.3. The number of benzene rings is 1. The number of aryl methyl sites for hydroxylation is 1.